The van der Waals surface area contributed by atoms with Gasteiger partial charge in [-0.1, -0.05) is 19.1 Å². The number of nitrogens with one attached hydrogen (secondary N) is 1. The highest BCUT2D eigenvalue weighted by atomic mass is 19.1. The first-order valence-corrected chi connectivity index (χ1v) is 6.29. The molecule has 2 rings (SSSR count). The molecule has 1 amide bonds. The number of benzene rings is 1. The molecule has 5 heteroatoms. The first kappa shape index (κ1) is 13.5. The highest BCUT2D eigenvalue weighted by Gasteiger charge is 2.51. The Balaban J connectivity index is 2.14. The lowest BCUT2D eigenvalue weighted by Gasteiger charge is -2.19. The van der Waals surface area contributed by atoms with E-state index >= 15 is 0 Å². The second kappa shape index (κ2) is 4.99. The van der Waals surface area contributed by atoms with E-state index < -0.39 is 17.4 Å². The number of rotatable bonds is 5. The zero-order valence-corrected chi connectivity index (χ0v) is 10.6. The molecule has 1 aliphatic carbocycles. The van der Waals surface area contributed by atoms with Gasteiger partial charge in [0.2, 0.25) is 5.91 Å². The number of halogens is 1. The third kappa shape index (κ3) is 2.59. The average molecular weight is 265 g/mol. The molecule has 1 aliphatic rings. The standard InChI is InChI=1S/C14H16FNO3/c1-2-11(12(17)18)16-13(19)14(7-8-14)9-3-5-10(15)6-4-9/h3-6,11H,2,7-8H2,1H3,(H,16,19)(H,17,18)/t11-/m0/s1. The Kier molecular flexibility index (Phi) is 3.55. The van der Waals surface area contributed by atoms with Crippen molar-refractivity contribution in [3.63, 3.8) is 0 Å². The van der Waals surface area contributed by atoms with Crippen LogP contribution in [0.1, 0.15) is 31.7 Å². The Hall–Kier alpha value is -1.91. The van der Waals surface area contributed by atoms with E-state index in [1.165, 1.54) is 12.1 Å². The van der Waals surface area contributed by atoms with Crippen LogP contribution in [0.25, 0.3) is 0 Å². The summed E-state index contributed by atoms with van der Waals surface area (Å²) in [5.41, 5.74) is 0.0722. The molecule has 1 aromatic rings. The Bertz CT molecular complexity index is 494. The van der Waals surface area contributed by atoms with Gasteiger partial charge >= 0.3 is 5.97 Å². The summed E-state index contributed by atoms with van der Waals surface area (Å²) in [5, 5.41) is 11.5. The molecule has 1 saturated carbocycles. The maximum Gasteiger partial charge on any atom is 0.326 e. The minimum Gasteiger partial charge on any atom is -0.480 e. The van der Waals surface area contributed by atoms with Crippen LogP contribution in [0, 0.1) is 5.82 Å². The Morgan fingerprint density at radius 3 is 2.37 bits per heavy atom. The third-order valence-electron chi connectivity index (χ3n) is 3.59. The lowest BCUT2D eigenvalue weighted by molar-refractivity contribution is -0.142. The van der Waals surface area contributed by atoms with Gasteiger partial charge in [-0.05, 0) is 37.0 Å². The van der Waals surface area contributed by atoms with Gasteiger partial charge in [0.1, 0.15) is 11.9 Å². The summed E-state index contributed by atoms with van der Waals surface area (Å²) in [5.74, 6) is -1.67. The van der Waals surface area contributed by atoms with Crippen molar-refractivity contribution in [2.45, 2.75) is 37.6 Å². The molecule has 4 nitrogen and oxygen atoms in total. The van der Waals surface area contributed by atoms with Crippen LogP contribution in [0.2, 0.25) is 0 Å². The van der Waals surface area contributed by atoms with Gasteiger partial charge < -0.3 is 10.4 Å². The fraction of sp³-hybridized carbons (Fsp3) is 0.429. The molecule has 0 unspecified atom stereocenters. The Morgan fingerprint density at radius 2 is 1.95 bits per heavy atom. The maximum absolute atomic E-state index is 12.9. The highest BCUT2D eigenvalue weighted by Crippen LogP contribution is 2.48. The van der Waals surface area contributed by atoms with Crippen LogP contribution in [0.4, 0.5) is 4.39 Å². The van der Waals surface area contributed by atoms with Crippen molar-refractivity contribution in [2.75, 3.05) is 0 Å². The first-order valence-electron chi connectivity index (χ1n) is 6.29. The van der Waals surface area contributed by atoms with Crippen molar-refractivity contribution in [3.05, 3.63) is 35.6 Å². The van der Waals surface area contributed by atoms with Crippen molar-refractivity contribution in [2.24, 2.45) is 0 Å². The normalized spacial score (nSPS) is 17.6. The van der Waals surface area contributed by atoms with Crippen LogP contribution in [0.3, 0.4) is 0 Å². The van der Waals surface area contributed by atoms with Crippen LogP contribution in [-0.2, 0) is 15.0 Å². The van der Waals surface area contributed by atoms with E-state index in [1.54, 1.807) is 19.1 Å². The smallest absolute Gasteiger partial charge is 0.326 e. The molecule has 0 saturated heterocycles. The Labute approximate surface area is 110 Å². The van der Waals surface area contributed by atoms with Gasteiger partial charge in [-0.25, -0.2) is 9.18 Å². The monoisotopic (exact) mass is 265 g/mol. The van der Waals surface area contributed by atoms with Gasteiger partial charge in [-0.15, -0.1) is 0 Å². The van der Waals surface area contributed by atoms with Gasteiger partial charge in [0.15, 0.2) is 0 Å². The molecular weight excluding hydrogens is 249 g/mol. The summed E-state index contributed by atoms with van der Waals surface area (Å²) < 4.78 is 12.9. The van der Waals surface area contributed by atoms with Gasteiger partial charge in [0.05, 0.1) is 5.41 Å². The SMILES string of the molecule is CC[C@H](NC(=O)C1(c2ccc(F)cc2)CC1)C(=O)O. The molecule has 0 bridgehead atoms. The summed E-state index contributed by atoms with van der Waals surface area (Å²) in [6.07, 6.45) is 1.67. The second-order valence-electron chi connectivity index (χ2n) is 4.86. The maximum atomic E-state index is 12.9. The predicted octanol–water partition coefficient (Wildman–Crippen LogP) is 1.84. The average Bonchev–Trinajstić information content (AvgIpc) is 3.17. The van der Waals surface area contributed by atoms with E-state index in [1.807, 2.05) is 0 Å². The molecule has 0 heterocycles. The number of amides is 1. The summed E-state index contributed by atoms with van der Waals surface area (Å²) in [7, 11) is 0. The number of carbonyl (C=O) groups is 2. The highest BCUT2D eigenvalue weighted by molar-refractivity contribution is 5.93. The summed E-state index contributed by atoms with van der Waals surface area (Å²) in [6, 6.07) is 4.94. The fourth-order valence-corrected chi connectivity index (χ4v) is 2.18. The number of hydrogen-bond acceptors (Lipinski definition) is 2. The van der Waals surface area contributed by atoms with Crippen molar-refractivity contribution in [1.29, 1.82) is 0 Å². The third-order valence-corrected chi connectivity index (χ3v) is 3.59. The van der Waals surface area contributed by atoms with E-state index in [-0.39, 0.29) is 11.7 Å². The number of carboxylic acids is 1. The number of carbonyl (C=O) groups excluding carboxylic acids is 1. The molecule has 0 radical (unpaired) electrons. The largest absolute Gasteiger partial charge is 0.480 e. The molecular formula is C14H16FNO3. The molecule has 102 valence electrons. The predicted molar refractivity (Wildman–Crippen MR) is 67.2 cm³/mol. The van der Waals surface area contributed by atoms with Crippen molar-refractivity contribution >= 4 is 11.9 Å². The molecule has 0 aromatic heterocycles. The molecule has 1 atom stereocenters. The van der Waals surface area contributed by atoms with Crippen molar-refractivity contribution in [1.82, 2.24) is 5.32 Å². The molecule has 0 spiro atoms. The summed E-state index contributed by atoms with van der Waals surface area (Å²) >= 11 is 0. The van der Waals surface area contributed by atoms with E-state index in [0.29, 0.717) is 19.3 Å². The minimum atomic E-state index is -1.04. The lowest BCUT2D eigenvalue weighted by Crippen LogP contribution is -2.45. The lowest BCUT2D eigenvalue weighted by atomic mass is 9.94. The van der Waals surface area contributed by atoms with Gasteiger partial charge in [-0.2, -0.15) is 0 Å². The Morgan fingerprint density at radius 1 is 1.37 bits per heavy atom. The van der Waals surface area contributed by atoms with Crippen LogP contribution in [0.15, 0.2) is 24.3 Å². The molecule has 1 fully saturated rings. The van der Waals surface area contributed by atoms with E-state index in [0.717, 1.165) is 5.56 Å². The van der Waals surface area contributed by atoms with Crippen LogP contribution in [-0.4, -0.2) is 23.0 Å². The molecule has 2 N–H and O–H groups in total. The first-order chi connectivity index (χ1) is 8.99. The number of aliphatic carboxylic acids is 1. The van der Waals surface area contributed by atoms with E-state index in [2.05, 4.69) is 5.32 Å². The van der Waals surface area contributed by atoms with Crippen molar-refractivity contribution in [3.8, 4) is 0 Å². The molecule has 1 aromatic carbocycles. The zero-order chi connectivity index (χ0) is 14.0. The zero-order valence-electron chi connectivity index (χ0n) is 10.6. The van der Waals surface area contributed by atoms with Crippen LogP contribution < -0.4 is 5.32 Å². The second-order valence-corrected chi connectivity index (χ2v) is 4.86. The van der Waals surface area contributed by atoms with Crippen molar-refractivity contribution < 1.29 is 19.1 Å². The fourth-order valence-electron chi connectivity index (χ4n) is 2.18. The van der Waals surface area contributed by atoms with E-state index in [9.17, 15) is 14.0 Å². The topological polar surface area (TPSA) is 66.4 Å². The van der Waals surface area contributed by atoms with Gasteiger partial charge in [-0.3, -0.25) is 4.79 Å². The van der Waals surface area contributed by atoms with Gasteiger partial charge in [0, 0.05) is 0 Å². The number of hydrogen-bond donors (Lipinski definition) is 2. The van der Waals surface area contributed by atoms with E-state index in [4.69, 9.17) is 5.11 Å². The summed E-state index contributed by atoms with van der Waals surface area (Å²) in [4.78, 5) is 23.1. The van der Waals surface area contributed by atoms with Crippen LogP contribution >= 0.6 is 0 Å². The molecule has 19 heavy (non-hydrogen) atoms. The number of carboxylic acid groups (broad SMARTS) is 1. The summed E-state index contributed by atoms with van der Waals surface area (Å²) in [6.45, 7) is 1.70. The quantitative estimate of drug-likeness (QED) is 0.853. The minimum absolute atomic E-state index is 0.284. The van der Waals surface area contributed by atoms with Crippen LogP contribution in [0.5, 0.6) is 0 Å². The van der Waals surface area contributed by atoms with Gasteiger partial charge in [0.25, 0.3) is 0 Å². The molecule has 0 aliphatic heterocycles.